The summed E-state index contributed by atoms with van der Waals surface area (Å²) in [6.07, 6.45) is 4.98. The lowest BCUT2D eigenvalue weighted by Gasteiger charge is -2.29. The summed E-state index contributed by atoms with van der Waals surface area (Å²) in [6.45, 7) is 5.63. The molecule has 1 aromatic rings. The summed E-state index contributed by atoms with van der Waals surface area (Å²) in [4.78, 5) is 31.3. The molecule has 0 atom stereocenters. The van der Waals surface area contributed by atoms with Crippen LogP contribution in [0.4, 0.5) is 5.69 Å². The molecular weight excluding hydrogens is 368 g/mol. The van der Waals surface area contributed by atoms with E-state index in [-0.39, 0.29) is 17.9 Å². The average molecular weight is 403 g/mol. The predicted octanol–water partition coefficient (Wildman–Crippen LogP) is 1.64. The molecule has 160 valence electrons. The zero-order valence-electron chi connectivity index (χ0n) is 17.5. The molecule has 0 unspecified atom stereocenters. The Labute approximate surface area is 173 Å². The number of anilines is 1. The number of benzene rings is 1. The van der Waals surface area contributed by atoms with Crippen molar-refractivity contribution in [3.8, 4) is 0 Å². The quantitative estimate of drug-likeness (QED) is 0.725. The maximum Gasteiger partial charge on any atom is 0.253 e. The second-order valence-corrected chi connectivity index (χ2v) is 8.27. The Balaban J connectivity index is 1.48. The van der Waals surface area contributed by atoms with Gasteiger partial charge in [0.25, 0.3) is 5.91 Å². The van der Waals surface area contributed by atoms with Crippen LogP contribution >= 0.6 is 0 Å². The van der Waals surface area contributed by atoms with Crippen molar-refractivity contribution in [2.24, 2.45) is 0 Å². The van der Waals surface area contributed by atoms with Crippen LogP contribution in [0.15, 0.2) is 24.3 Å². The Bertz CT molecular complexity index is 682. The van der Waals surface area contributed by atoms with Gasteiger partial charge in [0.15, 0.2) is 0 Å². The van der Waals surface area contributed by atoms with E-state index in [1.165, 1.54) is 19.3 Å². The lowest BCUT2D eigenvalue weighted by Crippen LogP contribution is -2.40. The largest absolute Gasteiger partial charge is 0.393 e. The zero-order chi connectivity index (χ0) is 20.6. The van der Waals surface area contributed by atoms with E-state index < -0.39 is 0 Å². The van der Waals surface area contributed by atoms with Crippen molar-refractivity contribution < 1.29 is 14.7 Å². The summed E-state index contributed by atoms with van der Waals surface area (Å²) >= 11 is 0. The minimum absolute atomic E-state index is 0.0249. The predicted molar refractivity (Wildman–Crippen MR) is 114 cm³/mol. The first-order valence-corrected chi connectivity index (χ1v) is 10.8. The van der Waals surface area contributed by atoms with Gasteiger partial charge in [-0.25, -0.2) is 0 Å². The molecule has 3 rings (SSSR count). The van der Waals surface area contributed by atoms with E-state index in [1.807, 2.05) is 18.0 Å². The van der Waals surface area contributed by atoms with Gasteiger partial charge >= 0.3 is 0 Å². The highest BCUT2D eigenvalue weighted by Crippen LogP contribution is 2.14. The van der Waals surface area contributed by atoms with Gasteiger partial charge in [0.05, 0.1) is 12.6 Å². The molecule has 29 heavy (non-hydrogen) atoms. The molecule has 2 N–H and O–H groups in total. The summed E-state index contributed by atoms with van der Waals surface area (Å²) in [5.74, 6) is -0.118. The van der Waals surface area contributed by atoms with Crippen molar-refractivity contribution in [2.75, 3.05) is 58.2 Å². The number of amides is 2. The smallest absolute Gasteiger partial charge is 0.253 e. The Hall–Kier alpha value is -1.96. The fourth-order valence-electron chi connectivity index (χ4n) is 4.01. The van der Waals surface area contributed by atoms with E-state index in [2.05, 4.69) is 10.2 Å². The van der Waals surface area contributed by atoms with Gasteiger partial charge in [-0.2, -0.15) is 0 Å². The molecule has 2 aliphatic heterocycles. The van der Waals surface area contributed by atoms with Gasteiger partial charge < -0.3 is 20.2 Å². The van der Waals surface area contributed by atoms with Crippen molar-refractivity contribution >= 4 is 17.5 Å². The second kappa shape index (κ2) is 10.7. The minimum atomic E-state index is -0.246. The third-order valence-electron chi connectivity index (χ3n) is 5.86. The van der Waals surface area contributed by atoms with E-state index in [0.29, 0.717) is 37.2 Å². The van der Waals surface area contributed by atoms with Gasteiger partial charge in [0, 0.05) is 44.5 Å². The third-order valence-corrected chi connectivity index (χ3v) is 5.86. The van der Waals surface area contributed by atoms with Gasteiger partial charge in [0.1, 0.15) is 0 Å². The Kier molecular flexibility index (Phi) is 8.03. The zero-order valence-corrected chi connectivity index (χ0v) is 17.5. The molecule has 7 nitrogen and oxygen atoms in total. The molecule has 0 radical (unpaired) electrons. The number of aliphatic hydroxyl groups is 1. The van der Waals surface area contributed by atoms with Crippen molar-refractivity contribution in [2.45, 2.75) is 38.2 Å². The van der Waals surface area contributed by atoms with Crippen LogP contribution in [0.25, 0.3) is 0 Å². The van der Waals surface area contributed by atoms with E-state index in [1.54, 1.807) is 23.1 Å². The molecular formula is C22H34N4O3. The number of hydrogen-bond donors (Lipinski definition) is 2. The van der Waals surface area contributed by atoms with Crippen LogP contribution < -0.4 is 5.32 Å². The van der Waals surface area contributed by atoms with Crippen LogP contribution in [0, 0.1) is 0 Å². The maximum absolute atomic E-state index is 12.8. The monoisotopic (exact) mass is 402 g/mol. The first-order valence-electron chi connectivity index (χ1n) is 10.8. The molecule has 2 heterocycles. The summed E-state index contributed by atoms with van der Waals surface area (Å²) in [7, 11) is 1.84. The fourth-order valence-corrected chi connectivity index (χ4v) is 4.01. The molecule has 2 amide bonds. The van der Waals surface area contributed by atoms with Crippen LogP contribution in [-0.4, -0.2) is 90.6 Å². The average Bonchev–Trinajstić information content (AvgIpc) is 2.74. The highest BCUT2D eigenvalue weighted by molar-refractivity contribution is 5.97. The van der Waals surface area contributed by atoms with Crippen molar-refractivity contribution in [3.05, 3.63) is 29.8 Å². The van der Waals surface area contributed by atoms with Crippen LogP contribution in [0.2, 0.25) is 0 Å². The van der Waals surface area contributed by atoms with Gasteiger partial charge in [0.2, 0.25) is 5.91 Å². The number of carbonyl (C=O) groups is 2. The van der Waals surface area contributed by atoms with Crippen molar-refractivity contribution in [1.29, 1.82) is 0 Å². The molecule has 0 spiro atoms. The van der Waals surface area contributed by atoms with Gasteiger partial charge in [-0.1, -0.05) is 12.5 Å². The normalized spacial score (nSPS) is 19.1. The number of nitrogens with zero attached hydrogens (tertiary/aromatic N) is 3. The first-order chi connectivity index (χ1) is 14.0. The number of hydrogen-bond acceptors (Lipinski definition) is 5. The number of likely N-dealkylation sites (tertiary alicyclic amines) is 2. The van der Waals surface area contributed by atoms with Crippen LogP contribution in [0.3, 0.4) is 0 Å². The second-order valence-electron chi connectivity index (χ2n) is 8.27. The van der Waals surface area contributed by atoms with Crippen molar-refractivity contribution in [1.82, 2.24) is 14.7 Å². The summed E-state index contributed by atoms with van der Waals surface area (Å²) in [6, 6.07) is 7.15. The minimum Gasteiger partial charge on any atom is -0.393 e. The fraction of sp³-hybridized carbons (Fsp3) is 0.636. The lowest BCUT2D eigenvalue weighted by atomic mass is 10.1. The highest BCUT2D eigenvalue weighted by Gasteiger charge is 2.19. The molecule has 0 aromatic heterocycles. The van der Waals surface area contributed by atoms with E-state index in [9.17, 15) is 14.7 Å². The molecule has 2 aliphatic rings. The van der Waals surface area contributed by atoms with Gasteiger partial charge in [-0.05, 0) is 57.0 Å². The standard InChI is InChI=1S/C22H34N4O3/c1-24(14-15-25-10-3-2-4-11-25)22(29)18-6-5-7-19(16-18)23-21(28)17-26-12-8-20(27)9-13-26/h5-7,16,20,27H,2-4,8-15,17H2,1H3,(H,23,28). The first kappa shape index (κ1) is 21.7. The number of piperidine rings is 2. The number of rotatable bonds is 7. The van der Waals surface area contributed by atoms with E-state index in [4.69, 9.17) is 0 Å². The molecule has 7 heteroatoms. The summed E-state index contributed by atoms with van der Waals surface area (Å²) in [5, 5.41) is 12.5. The number of carbonyl (C=O) groups excluding carboxylic acids is 2. The Morgan fingerprint density at radius 2 is 1.83 bits per heavy atom. The maximum atomic E-state index is 12.8. The van der Waals surface area contributed by atoms with Gasteiger partial charge in [-0.3, -0.25) is 14.5 Å². The SMILES string of the molecule is CN(CCN1CCCCC1)C(=O)c1cccc(NC(=O)CN2CCC(O)CC2)c1. The molecule has 0 bridgehead atoms. The van der Waals surface area contributed by atoms with Gasteiger partial charge in [-0.15, -0.1) is 0 Å². The number of nitrogens with one attached hydrogen (secondary N) is 1. The Morgan fingerprint density at radius 3 is 2.55 bits per heavy atom. The number of aliphatic hydroxyl groups excluding tert-OH is 1. The lowest BCUT2D eigenvalue weighted by molar-refractivity contribution is -0.117. The van der Waals surface area contributed by atoms with Crippen LogP contribution in [0.5, 0.6) is 0 Å². The highest BCUT2D eigenvalue weighted by atomic mass is 16.3. The van der Waals surface area contributed by atoms with Crippen molar-refractivity contribution in [3.63, 3.8) is 0 Å². The Morgan fingerprint density at radius 1 is 1.10 bits per heavy atom. The van der Waals surface area contributed by atoms with E-state index >= 15 is 0 Å². The topological polar surface area (TPSA) is 76.1 Å². The van der Waals surface area contributed by atoms with E-state index in [0.717, 1.165) is 32.7 Å². The molecule has 0 aliphatic carbocycles. The third kappa shape index (κ3) is 6.80. The molecule has 1 aromatic carbocycles. The van der Waals surface area contributed by atoms with Crippen LogP contribution in [-0.2, 0) is 4.79 Å². The summed E-state index contributed by atoms with van der Waals surface area (Å²) in [5.41, 5.74) is 1.23. The molecule has 2 fully saturated rings. The summed E-state index contributed by atoms with van der Waals surface area (Å²) < 4.78 is 0. The molecule has 0 saturated carbocycles. The van der Waals surface area contributed by atoms with Crippen LogP contribution in [0.1, 0.15) is 42.5 Å². The molecule has 2 saturated heterocycles. The number of likely N-dealkylation sites (N-methyl/N-ethyl adjacent to an activating group) is 1.